The first-order valence-corrected chi connectivity index (χ1v) is 14.4. The highest BCUT2D eigenvalue weighted by atomic mass is 79.9. The van der Waals surface area contributed by atoms with Gasteiger partial charge in [-0.05, 0) is 66.2 Å². The monoisotopic (exact) mass is 632 g/mol. The Morgan fingerprint density at radius 2 is 1.83 bits per heavy atom. The van der Waals surface area contributed by atoms with Crippen molar-refractivity contribution in [3.8, 4) is 16.9 Å². The molecule has 3 aromatic heterocycles. The number of hydrogen-bond acceptors (Lipinski definition) is 7. The largest absolute Gasteiger partial charge is 0.497 e. The van der Waals surface area contributed by atoms with E-state index in [1.54, 1.807) is 40.2 Å². The van der Waals surface area contributed by atoms with Crippen LogP contribution >= 0.6 is 15.9 Å². The first kappa shape index (κ1) is 29.4. The number of fused-ring (bicyclic) bond motifs is 1. The number of likely N-dealkylation sites (tertiary alicyclic amines) is 1. The average Bonchev–Trinajstić information content (AvgIpc) is 3.42. The number of methoxy groups -OCH3 is 1. The lowest BCUT2D eigenvalue weighted by molar-refractivity contribution is -0.139. The van der Waals surface area contributed by atoms with Crippen LogP contribution in [0.2, 0.25) is 0 Å². The molecule has 0 radical (unpaired) electrons. The zero-order valence-corrected chi connectivity index (χ0v) is 26.0. The Morgan fingerprint density at radius 3 is 2.50 bits per heavy atom. The minimum atomic E-state index is -0.698. The third-order valence-electron chi connectivity index (χ3n) is 8.13. The number of hydrogen-bond donors (Lipinski definition) is 1. The van der Waals surface area contributed by atoms with Crippen molar-refractivity contribution in [2.75, 3.05) is 12.4 Å². The molecule has 11 heteroatoms. The predicted octanol–water partition coefficient (Wildman–Crippen LogP) is 5.43. The van der Waals surface area contributed by atoms with Gasteiger partial charge in [-0.25, -0.2) is 15.0 Å². The van der Waals surface area contributed by atoms with Gasteiger partial charge in [0.05, 0.1) is 7.11 Å². The van der Waals surface area contributed by atoms with Gasteiger partial charge in [-0.2, -0.15) is 0 Å². The van der Waals surface area contributed by atoms with Crippen LogP contribution in [0.5, 0.6) is 5.75 Å². The molecule has 2 amide bonds. The highest BCUT2D eigenvalue weighted by Gasteiger charge is 2.49. The molecule has 4 heterocycles. The van der Waals surface area contributed by atoms with Gasteiger partial charge >= 0.3 is 0 Å². The van der Waals surface area contributed by atoms with Crippen molar-refractivity contribution in [3.05, 3.63) is 64.9 Å². The maximum atomic E-state index is 14.0. The van der Waals surface area contributed by atoms with Gasteiger partial charge in [-0.15, -0.1) is 0 Å². The number of aryl methyl sites for hydroxylation is 1. The summed E-state index contributed by atoms with van der Waals surface area (Å²) in [5, 5.41) is 3.61. The van der Waals surface area contributed by atoms with Crippen molar-refractivity contribution in [2.24, 2.45) is 5.41 Å². The molecule has 1 aliphatic heterocycles. The quantitative estimate of drug-likeness (QED) is 0.213. The SMILES string of the molecule is COc1cc(Br)nc(NC(=O)[C@@H]2CC(C)(C)[C@@H](C)N2C(=O)Cn2cc(C(C)=O)c3cc(-c4cnc(C)nc4)ccc32)c1. The van der Waals surface area contributed by atoms with Crippen molar-refractivity contribution in [1.82, 2.24) is 24.4 Å². The molecule has 2 atom stereocenters. The third-order valence-corrected chi connectivity index (χ3v) is 8.54. The van der Waals surface area contributed by atoms with Gasteiger partial charge in [0.15, 0.2) is 5.78 Å². The second kappa shape index (κ2) is 11.3. The van der Waals surface area contributed by atoms with E-state index in [0.717, 1.165) is 22.0 Å². The van der Waals surface area contributed by atoms with Gasteiger partial charge in [0, 0.05) is 58.8 Å². The molecule has 0 aliphatic carbocycles. The number of aromatic nitrogens is 4. The Hall–Kier alpha value is -4.12. The summed E-state index contributed by atoms with van der Waals surface area (Å²) >= 11 is 3.34. The summed E-state index contributed by atoms with van der Waals surface area (Å²) < 4.78 is 7.60. The molecule has 0 unspecified atom stereocenters. The van der Waals surface area contributed by atoms with Gasteiger partial charge in [0.25, 0.3) is 0 Å². The van der Waals surface area contributed by atoms with Gasteiger partial charge in [-0.1, -0.05) is 19.9 Å². The molecular weight excluding hydrogens is 600 g/mol. The summed E-state index contributed by atoms with van der Waals surface area (Å²) in [6, 6.07) is 8.18. The van der Waals surface area contributed by atoms with E-state index < -0.39 is 6.04 Å². The molecule has 1 saturated heterocycles. The summed E-state index contributed by atoms with van der Waals surface area (Å²) in [7, 11) is 1.54. The van der Waals surface area contributed by atoms with Crippen LogP contribution in [0.15, 0.2) is 53.5 Å². The molecule has 5 rings (SSSR count). The van der Waals surface area contributed by atoms with Crippen LogP contribution in [0.1, 0.15) is 50.3 Å². The van der Waals surface area contributed by atoms with Crippen molar-refractivity contribution in [3.63, 3.8) is 0 Å². The number of nitrogens with one attached hydrogen (secondary N) is 1. The van der Waals surface area contributed by atoms with Crippen LogP contribution in [-0.4, -0.2) is 61.2 Å². The van der Waals surface area contributed by atoms with Gasteiger partial charge < -0.3 is 19.5 Å². The molecule has 42 heavy (non-hydrogen) atoms. The summed E-state index contributed by atoms with van der Waals surface area (Å²) in [6.07, 6.45) is 5.71. The number of benzene rings is 1. The maximum Gasteiger partial charge on any atom is 0.248 e. The highest BCUT2D eigenvalue weighted by molar-refractivity contribution is 9.10. The Kier molecular flexibility index (Phi) is 7.89. The van der Waals surface area contributed by atoms with Gasteiger partial charge in [0.1, 0.15) is 34.6 Å². The lowest BCUT2D eigenvalue weighted by Gasteiger charge is -2.31. The average molecular weight is 634 g/mol. The van der Waals surface area contributed by atoms with Crippen molar-refractivity contribution >= 4 is 50.2 Å². The molecule has 1 aromatic carbocycles. The van der Waals surface area contributed by atoms with Crippen LogP contribution in [0.4, 0.5) is 5.82 Å². The molecule has 1 fully saturated rings. The van der Waals surface area contributed by atoms with E-state index >= 15 is 0 Å². The number of ketones is 1. The number of halogens is 1. The van der Waals surface area contributed by atoms with Gasteiger partial charge in [-0.3, -0.25) is 14.4 Å². The number of Topliss-reactive ketones (excluding diaryl/α,β-unsaturated/α-hetero) is 1. The predicted molar refractivity (Wildman–Crippen MR) is 163 cm³/mol. The molecule has 10 nitrogen and oxygen atoms in total. The second-order valence-corrected chi connectivity index (χ2v) is 12.2. The fourth-order valence-corrected chi connectivity index (χ4v) is 5.96. The number of ether oxygens (including phenoxy) is 1. The molecule has 1 N–H and O–H groups in total. The number of anilines is 1. The Balaban J connectivity index is 1.45. The number of carbonyl (C=O) groups excluding carboxylic acids is 3. The number of carbonyl (C=O) groups is 3. The van der Waals surface area contributed by atoms with Crippen LogP contribution in [-0.2, 0) is 16.1 Å². The van der Waals surface area contributed by atoms with Crippen molar-refractivity contribution in [1.29, 1.82) is 0 Å². The normalized spacial score (nSPS) is 17.8. The van der Waals surface area contributed by atoms with Crippen molar-refractivity contribution < 1.29 is 19.1 Å². The summed E-state index contributed by atoms with van der Waals surface area (Å²) in [5.41, 5.74) is 2.68. The second-order valence-electron chi connectivity index (χ2n) is 11.4. The van der Waals surface area contributed by atoms with E-state index in [4.69, 9.17) is 4.74 Å². The molecule has 0 saturated carbocycles. The maximum absolute atomic E-state index is 14.0. The third kappa shape index (κ3) is 5.65. The lowest BCUT2D eigenvalue weighted by atomic mass is 9.84. The molecule has 0 spiro atoms. The minimum absolute atomic E-state index is 0.0239. The van der Waals surface area contributed by atoms with Gasteiger partial charge in [0.2, 0.25) is 11.8 Å². The minimum Gasteiger partial charge on any atom is -0.497 e. The number of nitrogens with zero attached hydrogens (tertiary/aromatic N) is 5. The molecule has 4 aromatic rings. The van der Waals surface area contributed by atoms with Crippen LogP contribution in [0, 0.1) is 12.3 Å². The number of rotatable bonds is 7. The van der Waals surface area contributed by atoms with Crippen LogP contribution in [0.3, 0.4) is 0 Å². The Morgan fingerprint density at radius 1 is 1.12 bits per heavy atom. The first-order valence-electron chi connectivity index (χ1n) is 13.6. The zero-order valence-electron chi connectivity index (χ0n) is 24.4. The standard InChI is InChI=1S/C31H33BrN6O4/c1-17(39)24-15-37(25-8-7-20(9-23(24)25)21-13-33-19(3)34-14-21)16-29(40)38-18(2)31(4,5)12-26(38)30(41)36-28-11-22(42-6)10-27(32)35-28/h7-11,13-15,18,26H,12,16H2,1-6H3,(H,35,36,41)/t18-,26+/m1/s1. The highest BCUT2D eigenvalue weighted by Crippen LogP contribution is 2.41. The number of amides is 2. The smallest absolute Gasteiger partial charge is 0.248 e. The fraction of sp³-hybridized carbons (Fsp3) is 0.355. The van der Waals surface area contributed by atoms with E-state index in [9.17, 15) is 14.4 Å². The lowest BCUT2D eigenvalue weighted by Crippen LogP contribution is -2.48. The van der Waals surface area contributed by atoms with Crippen LogP contribution in [0.25, 0.3) is 22.0 Å². The van der Waals surface area contributed by atoms with E-state index in [1.807, 2.05) is 32.0 Å². The molecule has 1 aliphatic rings. The van der Waals surface area contributed by atoms with Crippen LogP contribution < -0.4 is 10.1 Å². The fourth-order valence-electron chi connectivity index (χ4n) is 5.54. The Bertz CT molecular complexity index is 1700. The summed E-state index contributed by atoms with van der Waals surface area (Å²) in [6.45, 7) is 9.39. The van der Waals surface area contributed by atoms with E-state index in [2.05, 4.69) is 50.0 Å². The first-order chi connectivity index (χ1) is 19.9. The summed E-state index contributed by atoms with van der Waals surface area (Å²) in [4.78, 5) is 54.7. The number of pyridine rings is 1. The molecule has 0 bridgehead atoms. The van der Waals surface area contributed by atoms with Crippen molar-refractivity contribution in [2.45, 2.75) is 59.7 Å². The zero-order chi connectivity index (χ0) is 30.3. The summed E-state index contributed by atoms with van der Waals surface area (Å²) in [5.74, 6) is 0.907. The van der Waals surface area contributed by atoms with E-state index in [0.29, 0.717) is 34.0 Å². The topological polar surface area (TPSA) is 119 Å². The Labute approximate surface area is 252 Å². The molecular formula is C31H33BrN6O4. The van der Waals surface area contributed by atoms with E-state index in [1.165, 1.54) is 14.0 Å². The molecule has 218 valence electrons. The van der Waals surface area contributed by atoms with E-state index in [-0.39, 0.29) is 35.6 Å².